The lowest BCUT2D eigenvalue weighted by Crippen LogP contribution is -2.56. The number of ether oxygens (including phenoxy) is 3. The van der Waals surface area contributed by atoms with Gasteiger partial charge in [0.25, 0.3) is 6.01 Å². The topological polar surface area (TPSA) is 45.5 Å². The molecule has 27 heavy (non-hydrogen) atoms. The number of nitrogens with zero attached hydrogens (tertiary/aromatic N) is 2. The van der Waals surface area contributed by atoms with Crippen molar-refractivity contribution in [3.8, 4) is 11.8 Å². The molecular formula is C20H24F2N2O3. The quantitative estimate of drug-likeness (QED) is 0.803. The molecule has 0 unspecified atom stereocenters. The lowest BCUT2D eigenvalue weighted by atomic mass is 9.65. The first-order valence-electron chi connectivity index (χ1n) is 9.80. The Bertz CT molecular complexity index is 864. The summed E-state index contributed by atoms with van der Waals surface area (Å²) in [6, 6.07) is 1.37. The van der Waals surface area contributed by atoms with Gasteiger partial charge < -0.3 is 14.2 Å². The summed E-state index contributed by atoms with van der Waals surface area (Å²) in [5, 5.41) is 0. The molecule has 1 aromatic heterocycles. The fraction of sp³-hybridized carbons (Fsp3) is 0.650. The number of hydrogen-bond acceptors (Lipinski definition) is 4. The van der Waals surface area contributed by atoms with Gasteiger partial charge in [-0.2, -0.15) is 4.98 Å². The van der Waals surface area contributed by atoms with Crippen LogP contribution < -0.4 is 9.47 Å². The molecule has 1 aromatic carbocycles. The van der Waals surface area contributed by atoms with Gasteiger partial charge in [0.15, 0.2) is 17.4 Å². The molecule has 2 aromatic rings. The van der Waals surface area contributed by atoms with E-state index in [9.17, 15) is 4.39 Å². The monoisotopic (exact) mass is 378 g/mol. The lowest BCUT2D eigenvalue weighted by molar-refractivity contribution is -0.191. The van der Waals surface area contributed by atoms with Crippen LogP contribution in [0.2, 0.25) is 0 Å². The number of rotatable bonds is 4. The molecule has 2 aliphatic carbocycles. The molecule has 1 aliphatic heterocycles. The van der Waals surface area contributed by atoms with Gasteiger partial charge in [-0.3, -0.25) is 4.57 Å². The second-order valence-electron chi connectivity index (χ2n) is 8.34. The number of imidazole rings is 1. The Morgan fingerprint density at radius 1 is 1.11 bits per heavy atom. The molecule has 3 fully saturated rings. The molecule has 1 saturated heterocycles. The van der Waals surface area contributed by atoms with Gasteiger partial charge in [0.2, 0.25) is 0 Å². The van der Waals surface area contributed by atoms with Crippen LogP contribution in [0.25, 0.3) is 11.0 Å². The highest BCUT2D eigenvalue weighted by Crippen LogP contribution is 2.48. The fourth-order valence-corrected chi connectivity index (χ4v) is 4.58. The highest BCUT2D eigenvalue weighted by molar-refractivity contribution is 5.80. The molecule has 5 nitrogen and oxygen atoms in total. The van der Waals surface area contributed by atoms with Crippen molar-refractivity contribution in [2.24, 2.45) is 12.5 Å². The molecule has 1 spiro atoms. The number of hydrogen-bond donors (Lipinski definition) is 0. The molecule has 3 aliphatic rings. The van der Waals surface area contributed by atoms with Crippen molar-refractivity contribution in [2.45, 2.75) is 57.2 Å². The average molecular weight is 378 g/mol. The Morgan fingerprint density at radius 3 is 2.52 bits per heavy atom. The summed E-state index contributed by atoms with van der Waals surface area (Å²) < 4.78 is 48.1. The van der Waals surface area contributed by atoms with Crippen molar-refractivity contribution in [2.75, 3.05) is 13.2 Å². The standard InChI is InChI=1S/C20H24F2N2O3/c1-24-18-16(22)15(26-13-8-20(9-13)10-25-11-20)7-14(21)17(18)23-19(24)27-12-5-3-2-4-6-12/h7,12-13H,2-6,8-11H2,1H3. The third kappa shape index (κ3) is 2.87. The van der Waals surface area contributed by atoms with Crippen molar-refractivity contribution in [1.29, 1.82) is 0 Å². The van der Waals surface area contributed by atoms with E-state index < -0.39 is 11.6 Å². The molecule has 7 heteroatoms. The van der Waals surface area contributed by atoms with Gasteiger partial charge in [0.05, 0.1) is 13.2 Å². The summed E-state index contributed by atoms with van der Waals surface area (Å²) in [4.78, 5) is 4.22. The van der Waals surface area contributed by atoms with Crippen LogP contribution in [0.4, 0.5) is 8.78 Å². The van der Waals surface area contributed by atoms with Crippen molar-refractivity contribution in [1.82, 2.24) is 9.55 Å². The first kappa shape index (κ1) is 17.2. The van der Waals surface area contributed by atoms with Gasteiger partial charge in [-0.05, 0) is 38.5 Å². The Morgan fingerprint density at radius 2 is 1.85 bits per heavy atom. The molecule has 146 valence electrons. The molecule has 2 saturated carbocycles. The van der Waals surface area contributed by atoms with Gasteiger partial charge in [-0.25, -0.2) is 8.78 Å². The zero-order valence-corrected chi connectivity index (χ0v) is 15.5. The second kappa shape index (κ2) is 6.33. The Kier molecular flexibility index (Phi) is 4.04. The predicted octanol–water partition coefficient (Wildman–Crippen LogP) is 4.12. The summed E-state index contributed by atoms with van der Waals surface area (Å²) in [6.07, 6.45) is 6.97. The molecule has 2 heterocycles. The normalized spacial score (nSPS) is 22.6. The predicted molar refractivity (Wildman–Crippen MR) is 95.0 cm³/mol. The number of aryl methyl sites for hydroxylation is 1. The second-order valence-corrected chi connectivity index (χ2v) is 8.34. The molecular weight excluding hydrogens is 354 g/mol. The summed E-state index contributed by atoms with van der Waals surface area (Å²) in [7, 11) is 1.66. The van der Waals surface area contributed by atoms with Crippen LogP contribution in [0.3, 0.4) is 0 Å². The SMILES string of the molecule is Cn1c(OC2CCCCC2)nc2c(F)cc(OC3CC4(COC4)C3)c(F)c21. The van der Waals surface area contributed by atoms with Crippen molar-refractivity contribution >= 4 is 11.0 Å². The summed E-state index contributed by atoms with van der Waals surface area (Å²) in [5.74, 6) is -1.21. The fourth-order valence-electron chi connectivity index (χ4n) is 4.58. The van der Waals surface area contributed by atoms with E-state index in [0.717, 1.165) is 57.8 Å². The maximum atomic E-state index is 15.1. The molecule has 0 bridgehead atoms. The third-order valence-electron chi connectivity index (χ3n) is 6.22. The number of benzene rings is 1. The van der Waals surface area contributed by atoms with Crippen LogP contribution in [0.1, 0.15) is 44.9 Å². The average Bonchev–Trinajstić information content (AvgIpc) is 2.91. The lowest BCUT2D eigenvalue weighted by Gasteiger charge is -2.52. The van der Waals surface area contributed by atoms with E-state index in [0.29, 0.717) is 0 Å². The highest BCUT2D eigenvalue weighted by atomic mass is 19.1. The first-order valence-corrected chi connectivity index (χ1v) is 9.80. The smallest absolute Gasteiger partial charge is 0.297 e. The number of aromatic nitrogens is 2. The summed E-state index contributed by atoms with van der Waals surface area (Å²) in [6.45, 7) is 1.48. The number of halogens is 2. The van der Waals surface area contributed by atoms with E-state index in [1.54, 1.807) is 7.05 Å². The van der Waals surface area contributed by atoms with Crippen LogP contribution in [0.5, 0.6) is 11.8 Å². The van der Waals surface area contributed by atoms with Crippen LogP contribution in [0.15, 0.2) is 6.07 Å². The van der Waals surface area contributed by atoms with Gasteiger partial charge in [-0.15, -0.1) is 0 Å². The molecule has 0 radical (unpaired) electrons. The number of fused-ring (bicyclic) bond motifs is 1. The summed E-state index contributed by atoms with van der Waals surface area (Å²) >= 11 is 0. The van der Waals surface area contributed by atoms with E-state index in [2.05, 4.69) is 4.98 Å². The van der Waals surface area contributed by atoms with Gasteiger partial charge in [-0.1, -0.05) is 6.42 Å². The molecule has 0 atom stereocenters. The zero-order valence-electron chi connectivity index (χ0n) is 15.5. The minimum Gasteiger partial charge on any atom is -0.487 e. The van der Waals surface area contributed by atoms with Crippen molar-refractivity contribution in [3.63, 3.8) is 0 Å². The van der Waals surface area contributed by atoms with Gasteiger partial charge in [0.1, 0.15) is 23.2 Å². The summed E-state index contributed by atoms with van der Waals surface area (Å²) in [5.41, 5.74) is 0.291. The Labute approximate surface area is 156 Å². The minimum absolute atomic E-state index is 0.00867. The van der Waals surface area contributed by atoms with E-state index in [-0.39, 0.29) is 40.4 Å². The van der Waals surface area contributed by atoms with E-state index in [4.69, 9.17) is 14.2 Å². The highest BCUT2D eigenvalue weighted by Gasteiger charge is 2.51. The molecule has 0 N–H and O–H groups in total. The minimum atomic E-state index is -0.587. The molecule has 5 rings (SSSR count). The largest absolute Gasteiger partial charge is 0.487 e. The van der Waals surface area contributed by atoms with E-state index in [1.807, 2.05) is 0 Å². The van der Waals surface area contributed by atoms with Gasteiger partial charge >= 0.3 is 0 Å². The zero-order chi connectivity index (χ0) is 18.6. The van der Waals surface area contributed by atoms with Crippen molar-refractivity contribution in [3.05, 3.63) is 17.7 Å². The maximum Gasteiger partial charge on any atom is 0.297 e. The van der Waals surface area contributed by atoms with Crippen LogP contribution >= 0.6 is 0 Å². The van der Waals surface area contributed by atoms with E-state index >= 15 is 4.39 Å². The molecule has 0 amide bonds. The van der Waals surface area contributed by atoms with Crippen molar-refractivity contribution < 1.29 is 23.0 Å². The Balaban J connectivity index is 1.40. The van der Waals surface area contributed by atoms with Crippen LogP contribution in [-0.4, -0.2) is 35.0 Å². The van der Waals surface area contributed by atoms with Crippen LogP contribution in [-0.2, 0) is 11.8 Å². The first-order chi connectivity index (χ1) is 13.0. The maximum absolute atomic E-state index is 15.1. The third-order valence-corrected chi connectivity index (χ3v) is 6.22. The van der Waals surface area contributed by atoms with Gasteiger partial charge in [0, 0.05) is 18.5 Å². The van der Waals surface area contributed by atoms with Crippen LogP contribution in [0, 0.1) is 17.0 Å². The van der Waals surface area contributed by atoms with E-state index in [1.165, 1.54) is 11.0 Å². The Hall–Kier alpha value is -1.89.